The first kappa shape index (κ1) is 11.5. The predicted molar refractivity (Wildman–Crippen MR) is 68.9 cm³/mol. The molecule has 1 fully saturated rings. The van der Waals surface area contributed by atoms with E-state index in [9.17, 15) is 0 Å². The predicted octanol–water partition coefficient (Wildman–Crippen LogP) is 3.24. The maximum absolute atomic E-state index is 8.75. The number of hydrogen-bond donors (Lipinski definition) is 0. The van der Waals surface area contributed by atoms with Crippen molar-refractivity contribution in [2.24, 2.45) is 0 Å². The highest BCUT2D eigenvalue weighted by Crippen LogP contribution is 2.50. The molecule has 19 heavy (non-hydrogen) atoms. The largest absolute Gasteiger partial charge is 0.359 e. The van der Waals surface area contributed by atoms with Crippen LogP contribution >= 0.6 is 0 Å². The van der Waals surface area contributed by atoms with Crippen LogP contribution in [0.3, 0.4) is 0 Å². The minimum Gasteiger partial charge on any atom is -0.359 e. The standard InChI is InChI=1S/C16H10N2O/c17-9-11-1-5-13(6-2-11)15-16(19-15)14-7-3-12(10-18)4-8-14/h1-8,15-16H/t15-,16-/m0/s1. The van der Waals surface area contributed by atoms with E-state index in [1.165, 1.54) is 0 Å². The summed E-state index contributed by atoms with van der Waals surface area (Å²) in [6, 6.07) is 19.1. The lowest BCUT2D eigenvalue weighted by Crippen LogP contribution is -1.85. The summed E-state index contributed by atoms with van der Waals surface area (Å²) < 4.78 is 5.67. The summed E-state index contributed by atoms with van der Waals surface area (Å²) in [6.45, 7) is 0. The first-order chi connectivity index (χ1) is 9.31. The number of ether oxygens (including phenoxy) is 1. The van der Waals surface area contributed by atoms with E-state index < -0.39 is 0 Å². The Morgan fingerprint density at radius 3 is 1.37 bits per heavy atom. The third-order valence-corrected chi connectivity index (χ3v) is 3.23. The molecule has 0 aliphatic carbocycles. The molecule has 2 aromatic carbocycles. The Labute approximate surface area is 111 Å². The van der Waals surface area contributed by atoms with E-state index in [-0.39, 0.29) is 12.2 Å². The highest BCUT2D eigenvalue weighted by molar-refractivity contribution is 5.38. The van der Waals surface area contributed by atoms with Crippen molar-refractivity contribution in [2.45, 2.75) is 12.2 Å². The van der Waals surface area contributed by atoms with E-state index in [0.717, 1.165) is 11.1 Å². The molecule has 0 spiro atoms. The lowest BCUT2D eigenvalue weighted by atomic mass is 10.0. The second kappa shape index (κ2) is 4.57. The minimum atomic E-state index is 0.0562. The Bertz CT molecular complexity index is 613. The third kappa shape index (κ3) is 2.20. The first-order valence-electron chi connectivity index (χ1n) is 5.97. The number of nitrogens with zero attached hydrogens (tertiary/aromatic N) is 2. The van der Waals surface area contributed by atoms with Gasteiger partial charge in [0.05, 0.1) is 23.3 Å². The summed E-state index contributed by atoms with van der Waals surface area (Å²) in [5, 5.41) is 17.5. The van der Waals surface area contributed by atoms with Crippen molar-refractivity contribution in [2.75, 3.05) is 0 Å². The van der Waals surface area contributed by atoms with Gasteiger partial charge in [-0.15, -0.1) is 0 Å². The van der Waals surface area contributed by atoms with Crippen molar-refractivity contribution in [3.8, 4) is 12.1 Å². The zero-order chi connectivity index (χ0) is 13.2. The fraction of sp³-hybridized carbons (Fsp3) is 0.125. The van der Waals surface area contributed by atoms with Crippen LogP contribution in [0.1, 0.15) is 34.5 Å². The van der Waals surface area contributed by atoms with Crippen LogP contribution < -0.4 is 0 Å². The van der Waals surface area contributed by atoms with Crippen LogP contribution in [0.25, 0.3) is 0 Å². The Balaban J connectivity index is 1.76. The quantitative estimate of drug-likeness (QED) is 0.764. The molecule has 1 heterocycles. The van der Waals surface area contributed by atoms with Gasteiger partial charge in [0.1, 0.15) is 12.2 Å². The SMILES string of the molecule is N#Cc1ccc([C@@H]2O[C@H]2c2ccc(C#N)cc2)cc1. The zero-order valence-electron chi connectivity index (χ0n) is 10.1. The van der Waals surface area contributed by atoms with Crippen molar-refractivity contribution < 1.29 is 4.74 Å². The molecule has 0 bridgehead atoms. The molecule has 2 aromatic rings. The molecule has 0 saturated carbocycles. The molecule has 3 nitrogen and oxygen atoms in total. The molecule has 1 saturated heterocycles. The van der Waals surface area contributed by atoms with E-state index in [1.54, 1.807) is 24.3 Å². The van der Waals surface area contributed by atoms with Crippen molar-refractivity contribution in [3.05, 3.63) is 70.8 Å². The fourth-order valence-electron chi connectivity index (χ4n) is 2.11. The number of hydrogen-bond acceptors (Lipinski definition) is 3. The van der Waals surface area contributed by atoms with E-state index in [0.29, 0.717) is 11.1 Å². The van der Waals surface area contributed by atoms with Gasteiger partial charge < -0.3 is 4.74 Å². The lowest BCUT2D eigenvalue weighted by Gasteiger charge is -1.97. The molecular weight excluding hydrogens is 236 g/mol. The maximum Gasteiger partial charge on any atom is 0.114 e. The molecule has 3 rings (SSSR count). The Kier molecular flexibility index (Phi) is 2.76. The van der Waals surface area contributed by atoms with Crippen LogP contribution in [0.4, 0.5) is 0 Å². The Morgan fingerprint density at radius 2 is 1.05 bits per heavy atom. The van der Waals surface area contributed by atoms with Gasteiger partial charge in [0.2, 0.25) is 0 Å². The lowest BCUT2D eigenvalue weighted by molar-refractivity contribution is 0.377. The highest BCUT2D eigenvalue weighted by Gasteiger charge is 2.41. The van der Waals surface area contributed by atoms with E-state index in [2.05, 4.69) is 12.1 Å². The monoisotopic (exact) mass is 246 g/mol. The highest BCUT2D eigenvalue weighted by atomic mass is 16.6. The van der Waals surface area contributed by atoms with Gasteiger partial charge in [0.15, 0.2) is 0 Å². The molecular formula is C16H10N2O. The van der Waals surface area contributed by atoms with E-state index >= 15 is 0 Å². The van der Waals surface area contributed by atoms with Gasteiger partial charge in [0.25, 0.3) is 0 Å². The Hall–Kier alpha value is -2.62. The topological polar surface area (TPSA) is 60.1 Å². The first-order valence-corrected chi connectivity index (χ1v) is 5.97. The molecule has 2 atom stereocenters. The van der Waals surface area contributed by atoms with E-state index in [4.69, 9.17) is 15.3 Å². The maximum atomic E-state index is 8.75. The summed E-state index contributed by atoms with van der Waals surface area (Å²) in [6.07, 6.45) is 0.112. The molecule has 90 valence electrons. The molecule has 1 aliphatic rings. The molecule has 0 amide bonds. The Morgan fingerprint density at radius 1 is 0.684 bits per heavy atom. The summed E-state index contributed by atoms with van der Waals surface area (Å²) in [4.78, 5) is 0. The molecule has 0 N–H and O–H groups in total. The number of benzene rings is 2. The van der Waals surface area contributed by atoms with Gasteiger partial charge in [-0.25, -0.2) is 0 Å². The molecule has 0 radical (unpaired) electrons. The fourth-order valence-corrected chi connectivity index (χ4v) is 2.11. The number of nitriles is 2. The number of rotatable bonds is 2. The van der Waals surface area contributed by atoms with Gasteiger partial charge in [-0.2, -0.15) is 10.5 Å². The molecule has 0 unspecified atom stereocenters. The average molecular weight is 246 g/mol. The van der Waals surface area contributed by atoms with Gasteiger partial charge in [0, 0.05) is 0 Å². The molecule has 3 heteroatoms. The van der Waals surface area contributed by atoms with Crippen LogP contribution in [-0.2, 0) is 4.74 Å². The second-order valence-corrected chi connectivity index (χ2v) is 4.44. The summed E-state index contributed by atoms with van der Waals surface area (Å²) in [5.41, 5.74) is 3.46. The third-order valence-electron chi connectivity index (χ3n) is 3.23. The van der Waals surface area contributed by atoms with Gasteiger partial charge in [-0.3, -0.25) is 0 Å². The van der Waals surface area contributed by atoms with Gasteiger partial charge in [-0.1, -0.05) is 24.3 Å². The van der Waals surface area contributed by atoms with Crippen LogP contribution in [0.15, 0.2) is 48.5 Å². The summed E-state index contributed by atoms with van der Waals surface area (Å²) in [7, 11) is 0. The van der Waals surface area contributed by atoms with Gasteiger partial charge in [-0.05, 0) is 35.4 Å². The van der Waals surface area contributed by atoms with Crippen molar-refractivity contribution in [1.29, 1.82) is 10.5 Å². The van der Waals surface area contributed by atoms with Gasteiger partial charge >= 0.3 is 0 Å². The second-order valence-electron chi connectivity index (χ2n) is 4.44. The van der Waals surface area contributed by atoms with Crippen LogP contribution in [0.2, 0.25) is 0 Å². The van der Waals surface area contributed by atoms with E-state index in [1.807, 2.05) is 24.3 Å². The number of epoxide rings is 1. The normalized spacial score (nSPS) is 20.3. The van der Waals surface area contributed by atoms with Crippen molar-refractivity contribution in [3.63, 3.8) is 0 Å². The molecule has 1 aliphatic heterocycles. The zero-order valence-corrected chi connectivity index (χ0v) is 10.1. The van der Waals surface area contributed by atoms with Crippen molar-refractivity contribution in [1.82, 2.24) is 0 Å². The van der Waals surface area contributed by atoms with Crippen LogP contribution in [0, 0.1) is 22.7 Å². The van der Waals surface area contributed by atoms with Crippen molar-refractivity contribution >= 4 is 0 Å². The minimum absolute atomic E-state index is 0.0562. The average Bonchev–Trinajstić information content (AvgIpc) is 3.28. The smallest absolute Gasteiger partial charge is 0.114 e. The van der Waals surface area contributed by atoms with Crippen LogP contribution in [-0.4, -0.2) is 0 Å². The van der Waals surface area contributed by atoms with Crippen LogP contribution in [0.5, 0.6) is 0 Å². The summed E-state index contributed by atoms with van der Waals surface area (Å²) >= 11 is 0. The summed E-state index contributed by atoms with van der Waals surface area (Å²) in [5.74, 6) is 0. The molecule has 0 aromatic heterocycles.